The van der Waals surface area contributed by atoms with Crippen molar-refractivity contribution in [1.29, 1.82) is 0 Å². The number of carbonyl (C=O) groups is 4. The third kappa shape index (κ3) is 4.67. The molecule has 1 saturated heterocycles. The first-order chi connectivity index (χ1) is 13.8. The van der Waals surface area contributed by atoms with Crippen molar-refractivity contribution in [2.24, 2.45) is 0 Å². The van der Waals surface area contributed by atoms with E-state index in [1.54, 1.807) is 12.1 Å². The van der Waals surface area contributed by atoms with Crippen LogP contribution < -0.4 is 10.6 Å². The number of anilines is 1. The van der Waals surface area contributed by atoms with Crippen molar-refractivity contribution in [3.8, 4) is 0 Å². The zero-order chi connectivity index (χ0) is 21.0. The summed E-state index contributed by atoms with van der Waals surface area (Å²) in [6, 6.07) is 2.78. The van der Waals surface area contributed by atoms with Gasteiger partial charge in [-0.05, 0) is 38.3 Å². The van der Waals surface area contributed by atoms with Crippen LogP contribution in [0, 0.1) is 0 Å². The zero-order valence-electron chi connectivity index (χ0n) is 16.1. The summed E-state index contributed by atoms with van der Waals surface area (Å²) >= 11 is 5.88. The van der Waals surface area contributed by atoms with Crippen molar-refractivity contribution < 1.29 is 23.9 Å². The van der Waals surface area contributed by atoms with Gasteiger partial charge in [-0.15, -0.1) is 0 Å². The molecule has 1 aliphatic heterocycles. The largest absolute Gasteiger partial charge is 0.453 e. The Kier molecular flexibility index (Phi) is 6.36. The summed E-state index contributed by atoms with van der Waals surface area (Å²) in [5.41, 5.74) is -0.431. The van der Waals surface area contributed by atoms with Gasteiger partial charge < -0.3 is 15.4 Å². The molecule has 1 spiro atoms. The van der Waals surface area contributed by atoms with Gasteiger partial charge in [0.25, 0.3) is 11.8 Å². The molecule has 9 nitrogen and oxygen atoms in total. The van der Waals surface area contributed by atoms with Gasteiger partial charge in [0.15, 0.2) is 11.3 Å². The molecule has 1 aliphatic carbocycles. The first-order valence-electron chi connectivity index (χ1n) is 9.57. The second-order valence-electron chi connectivity index (χ2n) is 7.24. The molecular formula is C19H23ClN4O5. The SMILES string of the molecule is C[C@@H](OC(=O)CCCN1C(=O)NC2(CCCC2)C1=O)C(=O)Nc1cccnc1Cl. The number of imide groups is 1. The molecule has 2 heterocycles. The highest BCUT2D eigenvalue weighted by Crippen LogP contribution is 2.35. The Labute approximate surface area is 173 Å². The van der Waals surface area contributed by atoms with Gasteiger partial charge in [-0.2, -0.15) is 0 Å². The Hall–Kier alpha value is -2.68. The number of nitrogens with one attached hydrogen (secondary N) is 2. The normalized spacial score (nSPS) is 18.6. The Morgan fingerprint density at radius 1 is 1.38 bits per heavy atom. The van der Waals surface area contributed by atoms with E-state index in [0.29, 0.717) is 18.5 Å². The molecule has 2 fully saturated rings. The van der Waals surface area contributed by atoms with Crippen molar-refractivity contribution >= 4 is 41.1 Å². The van der Waals surface area contributed by atoms with Crippen molar-refractivity contribution in [2.75, 3.05) is 11.9 Å². The molecule has 1 saturated carbocycles. The summed E-state index contributed by atoms with van der Waals surface area (Å²) in [4.78, 5) is 53.8. The second-order valence-corrected chi connectivity index (χ2v) is 7.60. The van der Waals surface area contributed by atoms with E-state index >= 15 is 0 Å². The minimum absolute atomic E-state index is 0.0185. The molecular weight excluding hydrogens is 400 g/mol. The molecule has 29 heavy (non-hydrogen) atoms. The zero-order valence-corrected chi connectivity index (χ0v) is 16.8. The van der Waals surface area contributed by atoms with Gasteiger partial charge >= 0.3 is 12.0 Å². The van der Waals surface area contributed by atoms with E-state index in [-0.39, 0.29) is 30.4 Å². The summed E-state index contributed by atoms with van der Waals surface area (Å²) in [5, 5.41) is 5.47. The quantitative estimate of drug-likeness (QED) is 0.395. The number of carbonyl (C=O) groups excluding carboxylic acids is 4. The van der Waals surface area contributed by atoms with E-state index in [9.17, 15) is 19.2 Å². The standard InChI is InChI=1S/C19H23ClN4O5/c1-12(16(26)22-13-6-4-10-21-15(13)20)29-14(25)7-5-11-24-17(27)19(23-18(24)28)8-2-3-9-19/h4,6,10,12H,2-3,5,7-9,11H2,1H3,(H,22,26)(H,23,28)/t12-/m1/s1. The van der Waals surface area contributed by atoms with Crippen LogP contribution in [-0.4, -0.2) is 51.9 Å². The molecule has 0 unspecified atom stereocenters. The summed E-state index contributed by atoms with van der Waals surface area (Å²) in [5.74, 6) is -1.34. The van der Waals surface area contributed by atoms with Crippen molar-refractivity contribution in [3.63, 3.8) is 0 Å². The first kappa shape index (κ1) is 21.0. The van der Waals surface area contributed by atoms with Crippen LogP contribution in [0.25, 0.3) is 0 Å². The highest BCUT2D eigenvalue weighted by molar-refractivity contribution is 6.32. The number of rotatable bonds is 7. The summed E-state index contributed by atoms with van der Waals surface area (Å²) in [6.45, 7) is 1.58. The fraction of sp³-hybridized carbons (Fsp3) is 0.526. The molecule has 1 aromatic rings. The maximum Gasteiger partial charge on any atom is 0.325 e. The molecule has 2 aliphatic rings. The third-order valence-electron chi connectivity index (χ3n) is 5.16. The van der Waals surface area contributed by atoms with Crippen molar-refractivity contribution in [2.45, 2.75) is 57.1 Å². The number of hydrogen-bond acceptors (Lipinski definition) is 6. The van der Waals surface area contributed by atoms with Crippen LogP contribution in [0.15, 0.2) is 18.3 Å². The Bertz CT molecular complexity index is 825. The highest BCUT2D eigenvalue weighted by Gasteiger charge is 2.52. The van der Waals surface area contributed by atoms with Crippen LogP contribution >= 0.6 is 11.6 Å². The summed E-state index contributed by atoms with van der Waals surface area (Å²) in [7, 11) is 0. The van der Waals surface area contributed by atoms with Gasteiger partial charge in [-0.1, -0.05) is 24.4 Å². The molecule has 0 bridgehead atoms. The van der Waals surface area contributed by atoms with E-state index in [1.165, 1.54) is 18.0 Å². The van der Waals surface area contributed by atoms with E-state index in [2.05, 4.69) is 15.6 Å². The monoisotopic (exact) mass is 422 g/mol. The minimum atomic E-state index is -1.03. The lowest BCUT2D eigenvalue weighted by molar-refractivity contribution is -0.153. The number of esters is 1. The van der Waals surface area contributed by atoms with Crippen molar-refractivity contribution in [3.05, 3.63) is 23.5 Å². The molecule has 10 heteroatoms. The van der Waals surface area contributed by atoms with Crippen LogP contribution in [0.5, 0.6) is 0 Å². The number of hydrogen-bond donors (Lipinski definition) is 2. The summed E-state index contributed by atoms with van der Waals surface area (Å²) < 4.78 is 5.12. The molecule has 1 aromatic heterocycles. The van der Waals surface area contributed by atoms with Gasteiger partial charge in [-0.3, -0.25) is 19.3 Å². The van der Waals surface area contributed by atoms with E-state index in [1.807, 2.05) is 0 Å². The molecule has 0 radical (unpaired) electrons. The first-order valence-corrected chi connectivity index (χ1v) is 9.95. The number of aromatic nitrogens is 1. The fourth-order valence-corrected chi connectivity index (χ4v) is 3.77. The molecule has 156 valence electrons. The molecule has 3 rings (SSSR count). The van der Waals surface area contributed by atoms with Crippen molar-refractivity contribution in [1.82, 2.24) is 15.2 Å². The van der Waals surface area contributed by atoms with Gasteiger partial charge in [0, 0.05) is 19.2 Å². The highest BCUT2D eigenvalue weighted by atomic mass is 35.5. The average Bonchev–Trinajstić information content (AvgIpc) is 3.24. The van der Waals surface area contributed by atoms with Gasteiger partial charge in [0.2, 0.25) is 0 Å². The third-order valence-corrected chi connectivity index (χ3v) is 5.46. The predicted molar refractivity (Wildman–Crippen MR) is 104 cm³/mol. The maximum absolute atomic E-state index is 12.5. The summed E-state index contributed by atoms with van der Waals surface area (Å²) in [6.07, 6.45) is 3.84. The van der Waals surface area contributed by atoms with E-state index in [4.69, 9.17) is 16.3 Å². The van der Waals surface area contributed by atoms with Crippen LogP contribution in [0.1, 0.15) is 45.4 Å². The molecule has 0 aromatic carbocycles. The van der Waals surface area contributed by atoms with Crippen LogP contribution in [0.2, 0.25) is 5.15 Å². The van der Waals surface area contributed by atoms with E-state index in [0.717, 1.165) is 12.8 Å². The lowest BCUT2D eigenvalue weighted by Crippen LogP contribution is -2.44. The molecule has 4 amide bonds. The van der Waals surface area contributed by atoms with Crippen LogP contribution in [0.3, 0.4) is 0 Å². The van der Waals surface area contributed by atoms with Crippen LogP contribution in [0.4, 0.5) is 10.5 Å². The predicted octanol–water partition coefficient (Wildman–Crippen LogP) is 2.25. The Morgan fingerprint density at radius 2 is 2.10 bits per heavy atom. The Balaban J connectivity index is 1.43. The minimum Gasteiger partial charge on any atom is -0.453 e. The number of urea groups is 1. The lowest BCUT2D eigenvalue weighted by atomic mass is 9.98. The molecule has 2 N–H and O–H groups in total. The fourth-order valence-electron chi connectivity index (χ4n) is 3.60. The number of ether oxygens (including phenoxy) is 1. The number of amides is 4. The number of halogens is 1. The van der Waals surface area contributed by atoms with Gasteiger partial charge in [0.1, 0.15) is 5.54 Å². The van der Waals surface area contributed by atoms with E-state index < -0.39 is 29.6 Å². The van der Waals surface area contributed by atoms with Gasteiger partial charge in [-0.25, -0.2) is 9.78 Å². The average molecular weight is 423 g/mol. The second kappa shape index (κ2) is 8.77. The smallest absolute Gasteiger partial charge is 0.325 e. The maximum atomic E-state index is 12.5. The van der Waals surface area contributed by atoms with Crippen LogP contribution in [-0.2, 0) is 19.1 Å². The van der Waals surface area contributed by atoms with Gasteiger partial charge in [0.05, 0.1) is 5.69 Å². The lowest BCUT2D eigenvalue weighted by Gasteiger charge is -2.20. The topological polar surface area (TPSA) is 118 Å². The Morgan fingerprint density at radius 3 is 2.79 bits per heavy atom. The molecule has 1 atom stereocenters. The number of nitrogens with zero attached hydrogens (tertiary/aromatic N) is 2. The number of pyridine rings is 1.